The summed E-state index contributed by atoms with van der Waals surface area (Å²) in [6.45, 7) is 1.83. The lowest BCUT2D eigenvalue weighted by Gasteiger charge is -2.17. The minimum atomic E-state index is -1.04. The molecule has 4 aromatic rings. The first kappa shape index (κ1) is 21.8. The number of rotatable bonds is 7. The zero-order valence-electron chi connectivity index (χ0n) is 18.1. The van der Waals surface area contributed by atoms with Crippen molar-refractivity contribution in [1.82, 2.24) is 0 Å². The van der Waals surface area contributed by atoms with Gasteiger partial charge in [-0.3, -0.25) is 4.79 Å². The summed E-state index contributed by atoms with van der Waals surface area (Å²) in [5, 5.41) is 12.5. The lowest BCUT2D eigenvalue weighted by molar-refractivity contribution is -0.114. The van der Waals surface area contributed by atoms with Crippen LogP contribution in [0.25, 0.3) is 22.3 Å². The van der Waals surface area contributed by atoms with Crippen LogP contribution in [0.4, 0.5) is 5.69 Å². The first-order valence-electron chi connectivity index (χ1n) is 10.5. The van der Waals surface area contributed by atoms with Crippen LogP contribution in [0.15, 0.2) is 97.1 Å². The number of para-hydroxylation sites is 1. The molecule has 1 amide bonds. The molecule has 4 aromatic carbocycles. The van der Waals surface area contributed by atoms with Gasteiger partial charge in [-0.25, -0.2) is 4.79 Å². The highest BCUT2D eigenvalue weighted by molar-refractivity contribution is 6.01. The summed E-state index contributed by atoms with van der Waals surface area (Å²) in [5.74, 6) is -0.566. The lowest BCUT2D eigenvalue weighted by atomic mass is 9.91. The van der Waals surface area contributed by atoms with Crippen molar-refractivity contribution < 1.29 is 19.4 Å². The molecule has 2 N–H and O–H groups in total. The van der Waals surface area contributed by atoms with Gasteiger partial charge in [0.1, 0.15) is 12.4 Å². The second-order valence-corrected chi connectivity index (χ2v) is 7.56. The number of carboxylic acids is 1. The van der Waals surface area contributed by atoms with E-state index in [9.17, 15) is 14.7 Å². The van der Waals surface area contributed by atoms with Crippen LogP contribution in [0, 0.1) is 0 Å². The van der Waals surface area contributed by atoms with Crippen molar-refractivity contribution in [3.05, 3.63) is 108 Å². The first-order chi connectivity index (χ1) is 16.0. The summed E-state index contributed by atoms with van der Waals surface area (Å²) in [6.07, 6.45) is 0. The van der Waals surface area contributed by atoms with Gasteiger partial charge in [0.25, 0.3) is 0 Å². The molecule has 0 aliphatic rings. The molecular weight excluding hydrogens is 414 g/mol. The van der Waals surface area contributed by atoms with Crippen LogP contribution in [0.5, 0.6) is 5.75 Å². The minimum Gasteiger partial charge on any atom is -0.488 e. The molecule has 0 aliphatic carbocycles. The number of carbonyl (C=O) groups is 2. The molecule has 0 aromatic heterocycles. The van der Waals surface area contributed by atoms with Crippen LogP contribution in [0.1, 0.15) is 22.8 Å². The van der Waals surface area contributed by atoms with Crippen LogP contribution in [-0.4, -0.2) is 17.0 Å². The Morgan fingerprint density at radius 3 is 2.03 bits per heavy atom. The highest BCUT2D eigenvalue weighted by Crippen LogP contribution is 2.39. The number of aromatic carboxylic acids is 1. The standard InChI is InChI=1S/C28H23NO4/c1-19(30)29-21-15-16-25(28(31)32)26(17-21)23-12-6-5-11-22(23)24-13-7-8-14-27(24)33-18-20-9-3-2-4-10-20/h2-17H,18H2,1H3,(H,29,30)(H,31,32). The third-order valence-electron chi connectivity index (χ3n) is 5.20. The third-order valence-corrected chi connectivity index (χ3v) is 5.20. The molecule has 0 radical (unpaired) electrons. The Morgan fingerprint density at radius 2 is 1.36 bits per heavy atom. The zero-order valence-corrected chi connectivity index (χ0v) is 18.1. The van der Waals surface area contributed by atoms with Gasteiger partial charge in [-0.2, -0.15) is 0 Å². The predicted molar refractivity (Wildman–Crippen MR) is 129 cm³/mol. The lowest BCUT2D eigenvalue weighted by Crippen LogP contribution is -2.07. The van der Waals surface area contributed by atoms with Crippen molar-refractivity contribution in [2.24, 2.45) is 0 Å². The van der Waals surface area contributed by atoms with Crippen molar-refractivity contribution in [1.29, 1.82) is 0 Å². The quantitative estimate of drug-likeness (QED) is 0.358. The van der Waals surface area contributed by atoms with Crippen LogP contribution >= 0.6 is 0 Å². The normalized spacial score (nSPS) is 10.5. The van der Waals surface area contributed by atoms with E-state index in [2.05, 4.69) is 5.32 Å². The highest BCUT2D eigenvalue weighted by Gasteiger charge is 2.18. The van der Waals surface area contributed by atoms with Crippen LogP contribution < -0.4 is 10.1 Å². The van der Waals surface area contributed by atoms with Gasteiger partial charge < -0.3 is 15.2 Å². The predicted octanol–water partition coefficient (Wildman–Crippen LogP) is 6.26. The second-order valence-electron chi connectivity index (χ2n) is 7.56. The van der Waals surface area contributed by atoms with Gasteiger partial charge >= 0.3 is 5.97 Å². The van der Waals surface area contributed by atoms with E-state index >= 15 is 0 Å². The number of hydrogen-bond acceptors (Lipinski definition) is 3. The summed E-state index contributed by atoms with van der Waals surface area (Å²) >= 11 is 0. The van der Waals surface area contributed by atoms with Gasteiger partial charge in [-0.05, 0) is 46.5 Å². The zero-order chi connectivity index (χ0) is 23.2. The first-order valence-corrected chi connectivity index (χ1v) is 10.5. The molecule has 0 unspecified atom stereocenters. The van der Waals surface area contributed by atoms with Gasteiger partial charge in [0, 0.05) is 18.2 Å². The number of anilines is 1. The van der Waals surface area contributed by atoms with Crippen molar-refractivity contribution in [3.8, 4) is 28.0 Å². The second kappa shape index (κ2) is 9.83. The fourth-order valence-corrected chi connectivity index (χ4v) is 3.74. The van der Waals surface area contributed by atoms with E-state index in [-0.39, 0.29) is 11.5 Å². The number of carboxylic acid groups (broad SMARTS) is 1. The van der Waals surface area contributed by atoms with Crippen LogP contribution in [0.2, 0.25) is 0 Å². The Bertz CT molecular complexity index is 1300. The summed E-state index contributed by atoms with van der Waals surface area (Å²) < 4.78 is 6.15. The van der Waals surface area contributed by atoms with Gasteiger partial charge in [0.05, 0.1) is 5.56 Å². The average Bonchev–Trinajstić information content (AvgIpc) is 2.83. The molecule has 5 nitrogen and oxygen atoms in total. The van der Waals surface area contributed by atoms with E-state index in [4.69, 9.17) is 4.74 Å². The molecule has 0 saturated heterocycles. The molecule has 0 saturated carbocycles. The maximum Gasteiger partial charge on any atom is 0.336 e. The maximum absolute atomic E-state index is 12.0. The highest BCUT2D eigenvalue weighted by atomic mass is 16.5. The summed E-state index contributed by atoms with van der Waals surface area (Å²) in [4.78, 5) is 23.5. The number of ether oxygens (including phenoxy) is 1. The van der Waals surface area contributed by atoms with E-state index in [1.54, 1.807) is 12.1 Å². The average molecular weight is 437 g/mol. The van der Waals surface area contributed by atoms with E-state index in [0.717, 1.165) is 22.3 Å². The SMILES string of the molecule is CC(=O)Nc1ccc(C(=O)O)c(-c2ccccc2-c2ccccc2OCc2ccccc2)c1. The molecule has 164 valence electrons. The molecule has 0 aliphatic heterocycles. The monoisotopic (exact) mass is 437 g/mol. The molecule has 5 heteroatoms. The Labute approximate surface area is 192 Å². The number of hydrogen-bond donors (Lipinski definition) is 2. The van der Waals surface area contributed by atoms with E-state index < -0.39 is 5.97 Å². The van der Waals surface area contributed by atoms with E-state index in [0.29, 0.717) is 23.6 Å². The molecular formula is C28H23NO4. The largest absolute Gasteiger partial charge is 0.488 e. The summed E-state index contributed by atoms with van der Waals surface area (Å²) in [5.41, 5.74) is 4.68. The molecule has 0 bridgehead atoms. The molecule has 0 heterocycles. The van der Waals surface area contributed by atoms with E-state index in [1.165, 1.54) is 13.0 Å². The molecule has 33 heavy (non-hydrogen) atoms. The summed E-state index contributed by atoms with van der Waals surface area (Å²) in [7, 11) is 0. The molecule has 0 atom stereocenters. The molecule has 0 fully saturated rings. The maximum atomic E-state index is 12.0. The van der Waals surface area contributed by atoms with Gasteiger partial charge in [0.2, 0.25) is 5.91 Å². The topological polar surface area (TPSA) is 75.6 Å². The molecule has 4 rings (SSSR count). The number of amides is 1. The Morgan fingerprint density at radius 1 is 0.758 bits per heavy atom. The number of nitrogens with one attached hydrogen (secondary N) is 1. The Kier molecular flexibility index (Phi) is 6.51. The molecule has 0 spiro atoms. The van der Waals surface area contributed by atoms with Crippen LogP contribution in [-0.2, 0) is 11.4 Å². The van der Waals surface area contributed by atoms with E-state index in [1.807, 2.05) is 78.9 Å². The number of benzene rings is 4. The van der Waals surface area contributed by atoms with Crippen LogP contribution in [0.3, 0.4) is 0 Å². The number of carbonyl (C=O) groups excluding carboxylic acids is 1. The third kappa shape index (κ3) is 5.10. The Balaban J connectivity index is 1.80. The van der Waals surface area contributed by atoms with Crippen molar-refractivity contribution in [2.45, 2.75) is 13.5 Å². The Hall–Kier alpha value is -4.38. The smallest absolute Gasteiger partial charge is 0.336 e. The van der Waals surface area contributed by atoms with Crippen molar-refractivity contribution in [2.75, 3.05) is 5.32 Å². The van der Waals surface area contributed by atoms with Crippen molar-refractivity contribution >= 4 is 17.6 Å². The van der Waals surface area contributed by atoms with Gasteiger partial charge in [0.15, 0.2) is 0 Å². The fraction of sp³-hybridized carbons (Fsp3) is 0.0714. The fourth-order valence-electron chi connectivity index (χ4n) is 3.74. The van der Waals surface area contributed by atoms with Gasteiger partial charge in [-0.15, -0.1) is 0 Å². The minimum absolute atomic E-state index is 0.152. The van der Waals surface area contributed by atoms with Crippen molar-refractivity contribution in [3.63, 3.8) is 0 Å². The summed E-state index contributed by atoms with van der Waals surface area (Å²) in [6, 6.07) is 30.0. The van der Waals surface area contributed by atoms with Gasteiger partial charge in [-0.1, -0.05) is 72.8 Å².